The van der Waals surface area contributed by atoms with E-state index in [0.29, 0.717) is 48.0 Å². The van der Waals surface area contributed by atoms with Crippen LogP contribution in [0.25, 0.3) is 0 Å². The molecule has 0 aromatic carbocycles. The molecule has 0 amide bonds. The van der Waals surface area contributed by atoms with E-state index in [-0.39, 0.29) is 23.2 Å². The van der Waals surface area contributed by atoms with Crippen molar-refractivity contribution in [2.75, 3.05) is 32.8 Å². The molecule has 0 unspecified atom stereocenters. The van der Waals surface area contributed by atoms with Crippen LogP contribution in [0, 0.1) is 0 Å². The molecule has 1 aliphatic rings. The van der Waals surface area contributed by atoms with E-state index in [1.54, 1.807) is 0 Å². The van der Waals surface area contributed by atoms with Crippen LogP contribution < -0.4 is 16.2 Å². The van der Waals surface area contributed by atoms with Gasteiger partial charge in [0.05, 0.1) is 12.3 Å². The Balaban J connectivity index is 0.00000529. The first-order valence-corrected chi connectivity index (χ1v) is 8.29. The minimum Gasteiger partial charge on any atom is -0.741 e. The number of morpholine rings is 1. The maximum atomic E-state index is 5.74. The van der Waals surface area contributed by atoms with Gasteiger partial charge in [0, 0.05) is 26.2 Å². The van der Waals surface area contributed by atoms with Gasteiger partial charge in [-0.3, -0.25) is 20.8 Å². The fourth-order valence-corrected chi connectivity index (χ4v) is 2.13. The average molecular weight is 421 g/mol. The van der Waals surface area contributed by atoms with Crippen LogP contribution in [0.5, 0.6) is 0 Å². The van der Waals surface area contributed by atoms with Crippen molar-refractivity contribution in [2.24, 2.45) is 20.2 Å². The van der Waals surface area contributed by atoms with E-state index in [2.05, 4.69) is 36.4 Å². The molecule has 1 rings (SSSR count). The molecule has 1 atom stereocenters. The van der Waals surface area contributed by atoms with Gasteiger partial charge in [-0.1, -0.05) is 0 Å². The molecule has 0 saturated carbocycles. The maximum absolute atomic E-state index is 5.74. The molecule has 0 aliphatic carbocycles. The molecule has 24 heavy (non-hydrogen) atoms. The second-order valence-electron chi connectivity index (χ2n) is 4.54. The zero-order chi connectivity index (χ0) is 17.1. The van der Waals surface area contributed by atoms with Crippen LogP contribution in [0.15, 0.2) is 20.2 Å². The fourth-order valence-electron chi connectivity index (χ4n) is 1.78. The summed E-state index contributed by atoms with van der Waals surface area (Å²) < 4.78 is 5.74. The maximum Gasteiger partial charge on any atom is 2.00 e. The largest absolute Gasteiger partial charge is 2.00 e. The second-order valence-corrected chi connectivity index (χ2v) is 5.31. The monoisotopic (exact) mass is 420 g/mol. The predicted octanol–water partition coefficient (Wildman–Crippen LogP) is -0.271. The van der Waals surface area contributed by atoms with Crippen LogP contribution in [0.4, 0.5) is 0 Å². The van der Waals surface area contributed by atoms with Gasteiger partial charge in [-0.2, -0.15) is 10.2 Å². The molecule has 0 aromatic rings. The molecule has 0 spiro atoms. The molecule has 0 aromatic heterocycles. The van der Waals surface area contributed by atoms with Gasteiger partial charge >= 0.3 is 17.1 Å². The van der Waals surface area contributed by atoms with Crippen LogP contribution in [0.3, 0.4) is 0 Å². The molecule has 1 fully saturated rings. The molecule has 139 valence electrons. The fraction of sp³-hybridized carbons (Fsp3) is 0.692. The normalized spacial score (nSPS) is 20.4. The van der Waals surface area contributed by atoms with Crippen molar-refractivity contribution in [1.29, 1.82) is 0 Å². The summed E-state index contributed by atoms with van der Waals surface area (Å²) in [5, 5.41) is 12.4. The number of aliphatic imine (C=N–C) groups is 2. The van der Waals surface area contributed by atoms with E-state index < -0.39 is 0 Å². The average Bonchev–Trinajstić information content (AvgIpc) is 2.54. The predicted molar refractivity (Wildman–Crippen MR) is 100 cm³/mol. The molecule has 11 heteroatoms. The number of hydrogen-bond donors (Lipinski definition) is 3. The third-order valence-corrected chi connectivity index (χ3v) is 3.24. The zero-order valence-corrected chi connectivity index (χ0v) is 16.5. The molecule has 1 saturated heterocycles. The van der Waals surface area contributed by atoms with Crippen molar-refractivity contribution >= 4 is 47.0 Å². The topological polar surface area (TPSA) is 94.8 Å². The van der Waals surface area contributed by atoms with E-state index >= 15 is 0 Å². The van der Waals surface area contributed by atoms with Gasteiger partial charge in [0.15, 0.2) is 0 Å². The Morgan fingerprint density at radius 1 is 1.12 bits per heavy atom. The van der Waals surface area contributed by atoms with Crippen LogP contribution in [0.2, 0.25) is 0 Å². The molecule has 1 radical (unpaired) electrons. The first-order valence-electron chi connectivity index (χ1n) is 7.47. The Morgan fingerprint density at radius 2 is 1.71 bits per heavy atom. The molecular formula is C13H23CuN7OS2. The summed E-state index contributed by atoms with van der Waals surface area (Å²) >= 11 is 10.1. The molecule has 1 heterocycles. The van der Waals surface area contributed by atoms with Crippen LogP contribution in [-0.2, 0) is 47.1 Å². The van der Waals surface area contributed by atoms with E-state index in [4.69, 9.17) is 30.0 Å². The van der Waals surface area contributed by atoms with Gasteiger partial charge < -0.3 is 35.3 Å². The molecule has 8 nitrogen and oxygen atoms in total. The Labute approximate surface area is 164 Å². The summed E-state index contributed by atoms with van der Waals surface area (Å²) in [6.45, 7) is 8.90. The first-order chi connectivity index (χ1) is 11.1. The van der Waals surface area contributed by atoms with Gasteiger partial charge in [-0.15, -0.1) is 0 Å². The van der Waals surface area contributed by atoms with E-state index in [0.717, 1.165) is 6.54 Å². The van der Waals surface area contributed by atoms with Gasteiger partial charge in [0.2, 0.25) is 0 Å². The van der Waals surface area contributed by atoms with Crippen molar-refractivity contribution < 1.29 is 21.8 Å². The first kappa shape index (κ1) is 23.2. The summed E-state index contributed by atoms with van der Waals surface area (Å²) in [4.78, 5) is 8.11. The number of nitrogens with one attached hydrogen (secondary N) is 3. The van der Waals surface area contributed by atoms with Crippen LogP contribution in [-0.4, -0.2) is 60.6 Å². The number of nitrogens with zero attached hydrogens (tertiary/aromatic N) is 4. The quantitative estimate of drug-likeness (QED) is 0.180. The van der Waals surface area contributed by atoms with Crippen LogP contribution >= 0.6 is 0 Å². The van der Waals surface area contributed by atoms with E-state index in [1.165, 1.54) is 0 Å². The molecule has 0 bridgehead atoms. The summed E-state index contributed by atoms with van der Waals surface area (Å²) in [7, 11) is 0. The third-order valence-electron chi connectivity index (χ3n) is 2.80. The van der Waals surface area contributed by atoms with Crippen molar-refractivity contribution in [1.82, 2.24) is 16.2 Å². The summed E-state index contributed by atoms with van der Waals surface area (Å²) in [5.74, 6) is 0. The Morgan fingerprint density at radius 3 is 2.21 bits per heavy atom. The second kappa shape index (κ2) is 13.5. The summed E-state index contributed by atoms with van der Waals surface area (Å²) in [5.41, 5.74) is 6.76. The van der Waals surface area contributed by atoms with Gasteiger partial charge in [-0.05, 0) is 31.1 Å². The molecule has 3 N–H and O–H groups in total. The third kappa shape index (κ3) is 8.86. The Hall–Kier alpha value is -0.841. The van der Waals surface area contributed by atoms with Crippen LogP contribution in [0.1, 0.15) is 20.8 Å². The Kier molecular flexibility index (Phi) is 13.0. The van der Waals surface area contributed by atoms with Crippen molar-refractivity contribution in [3.8, 4) is 0 Å². The van der Waals surface area contributed by atoms with Gasteiger partial charge in [0.25, 0.3) is 0 Å². The van der Waals surface area contributed by atoms with Crippen molar-refractivity contribution in [2.45, 2.75) is 26.9 Å². The van der Waals surface area contributed by atoms with Crippen molar-refractivity contribution in [3.63, 3.8) is 0 Å². The van der Waals surface area contributed by atoms with E-state index in [9.17, 15) is 0 Å². The number of hydrazone groups is 2. The van der Waals surface area contributed by atoms with Gasteiger partial charge in [0.1, 0.15) is 11.8 Å². The van der Waals surface area contributed by atoms with Crippen molar-refractivity contribution in [3.05, 3.63) is 0 Å². The van der Waals surface area contributed by atoms with Gasteiger partial charge in [-0.25, -0.2) is 0 Å². The standard InChI is InChI=1S/C13H25N7OS2.Cu/c1-4-15-12(22)19-17-9(3)11(10-8-14-6-7-21-10)18-20-13(23)16-5-2;/h10,14H,4-8H2,1-3H3,(H2,15,19,22)(H2,16,20,23);/q;+2/p-2/b17-9+,18-11-;/t10-;/m0./s1. The zero-order valence-electron chi connectivity index (χ0n) is 13.9. The number of ether oxygens (including phenoxy) is 1. The minimum absolute atomic E-state index is 0. The van der Waals surface area contributed by atoms with E-state index in [1.807, 2.05) is 20.8 Å². The molecule has 1 aliphatic heterocycles. The minimum atomic E-state index is -0.220. The SMILES string of the molecule is CCN=C([S-])N/N=C(/C(C)=N/NC([S-])=NCC)[C@@H]1CNCCO1.[Cu+2]. The summed E-state index contributed by atoms with van der Waals surface area (Å²) in [6, 6.07) is 0. The smallest absolute Gasteiger partial charge is 0.741 e. The Bertz CT molecular complexity index is 491. The number of hydrogen-bond acceptors (Lipinski definition) is 8. The molecular weight excluding hydrogens is 398 g/mol. The number of rotatable bonds is 6. The summed E-state index contributed by atoms with van der Waals surface area (Å²) in [6.07, 6.45) is -0.220. The number of amidine groups is 2.